The summed E-state index contributed by atoms with van der Waals surface area (Å²) in [4.78, 5) is 5.23. The molecule has 17 heavy (non-hydrogen) atoms. The number of likely N-dealkylation sites (tertiary alicyclic amines) is 2. The summed E-state index contributed by atoms with van der Waals surface area (Å²) in [7, 11) is 0. The first-order valence-corrected chi connectivity index (χ1v) is 7.53. The van der Waals surface area contributed by atoms with E-state index in [-0.39, 0.29) is 0 Å². The van der Waals surface area contributed by atoms with Crippen molar-refractivity contribution in [3.63, 3.8) is 0 Å². The van der Waals surface area contributed by atoms with Gasteiger partial charge in [-0.05, 0) is 64.2 Å². The zero-order chi connectivity index (χ0) is 11.9. The zero-order valence-corrected chi connectivity index (χ0v) is 11.2. The fourth-order valence-corrected chi connectivity index (χ4v) is 3.32. The van der Waals surface area contributed by atoms with Gasteiger partial charge in [0.25, 0.3) is 0 Å². The molecule has 1 atom stereocenters. The molecule has 100 valence electrons. The molecule has 3 nitrogen and oxygen atoms in total. The number of nitrogens with two attached hydrogens (primary N) is 1. The molecule has 0 radical (unpaired) electrons. The minimum absolute atomic E-state index is 0.818. The first-order chi connectivity index (χ1) is 8.38. The molecule has 0 aromatic carbocycles. The van der Waals surface area contributed by atoms with E-state index in [1.807, 2.05) is 0 Å². The van der Waals surface area contributed by atoms with Gasteiger partial charge in [-0.25, -0.2) is 0 Å². The molecule has 0 amide bonds. The Morgan fingerprint density at radius 2 is 1.65 bits per heavy atom. The van der Waals surface area contributed by atoms with Crippen molar-refractivity contribution in [3.8, 4) is 0 Å². The topological polar surface area (TPSA) is 32.5 Å². The summed E-state index contributed by atoms with van der Waals surface area (Å²) in [5.74, 6) is 0.928. The average molecular weight is 239 g/mol. The summed E-state index contributed by atoms with van der Waals surface area (Å²) in [5, 5.41) is 0. The monoisotopic (exact) mass is 239 g/mol. The Morgan fingerprint density at radius 3 is 2.41 bits per heavy atom. The van der Waals surface area contributed by atoms with Crippen molar-refractivity contribution in [1.29, 1.82) is 0 Å². The van der Waals surface area contributed by atoms with E-state index in [4.69, 9.17) is 5.73 Å². The quantitative estimate of drug-likeness (QED) is 0.790. The van der Waals surface area contributed by atoms with Gasteiger partial charge in [-0.3, -0.25) is 0 Å². The standard InChI is InChI=1S/C14H29N3/c15-7-12-17-10-4-5-14(13-17)6-11-16-8-2-1-3-9-16/h14H,1-13,15H2. The number of nitrogens with zero attached hydrogens (tertiary/aromatic N) is 2. The van der Waals surface area contributed by atoms with Crippen LogP contribution in [0.2, 0.25) is 0 Å². The minimum atomic E-state index is 0.818. The maximum absolute atomic E-state index is 5.65. The van der Waals surface area contributed by atoms with Crippen LogP contribution in [0, 0.1) is 5.92 Å². The van der Waals surface area contributed by atoms with Gasteiger partial charge in [-0.2, -0.15) is 0 Å². The van der Waals surface area contributed by atoms with Crippen molar-refractivity contribution in [2.75, 3.05) is 45.8 Å². The first-order valence-electron chi connectivity index (χ1n) is 7.53. The van der Waals surface area contributed by atoms with E-state index in [9.17, 15) is 0 Å². The van der Waals surface area contributed by atoms with Crippen molar-refractivity contribution >= 4 is 0 Å². The third kappa shape index (κ3) is 4.57. The molecule has 0 bridgehead atoms. The van der Waals surface area contributed by atoms with Gasteiger partial charge in [-0.15, -0.1) is 0 Å². The molecule has 2 heterocycles. The lowest BCUT2D eigenvalue weighted by Gasteiger charge is -2.34. The minimum Gasteiger partial charge on any atom is -0.329 e. The van der Waals surface area contributed by atoms with E-state index in [1.54, 1.807) is 0 Å². The Labute approximate surface area is 106 Å². The molecule has 0 aromatic heterocycles. The van der Waals surface area contributed by atoms with Crippen molar-refractivity contribution in [3.05, 3.63) is 0 Å². The summed E-state index contributed by atoms with van der Waals surface area (Å²) >= 11 is 0. The van der Waals surface area contributed by atoms with Crippen molar-refractivity contribution in [2.45, 2.75) is 38.5 Å². The van der Waals surface area contributed by atoms with Gasteiger partial charge in [0, 0.05) is 19.6 Å². The Balaban J connectivity index is 1.64. The molecule has 2 fully saturated rings. The highest BCUT2D eigenvalue weighted by Gasteiger charge is 2.20. The molecular formula is C14H29N3. The predicted molar refractivity (Wildman–Crippen MR) is 73.1 cm³/mol. The molecule has 2 rings (SSSR count). The Morgan fingerprint density at radius 1 is 0.882 bits per heavy atom. The molecule has 2 saturated heterocycles. The fraction of sp³-hybridized carbons (Fsp3) is 1.00. The van der Waals surface area contributed by atoms with Gasteiger partial charge in [-0.1, -0.05) is 6.42 Å². The van der Waals surface area contributed by atoms with Crippen LogP contribution in [0.15, 0.2) is 0 Å². The molecule has 0 spiro atoms. The van der Waals surface area contributed by atoms with Crippen LogP contribution in [-0.2, 0) is 0 Å². The number of hydrogen-bond donors (Lipinski definition) is 1. The van der Waals surface area contributed by atoms with E-state index in [0.29, 0.717) is 0 Å². The van der Waals surface area contributed by atoms with Gasteiger partial charge in [0.1, 0.15) is 0 Å². The third-order valence-electron chi connectivity index (χ3n) is 4.35. The van der Waals surface area contributed by atoms with Crippen LogP contribution in [0.1, 0.15) is 38.5 Å². The SMILES string of the molecule is NCCN1CCCC(CCN2CCCCC2)C1. The molecule has 2 N–H and O–H groups in total. The van der Waals surface area contributed by atoms with Gasteiger partial charge in [0.2, 0.25) is 0 Å². The van der Waals surface area contributed by atoms with Crippen molar-refractivity contribution in [1.82, 2.24) is 9.80 Å². The second-order valence-electron chi connectivity index (χ2n) is 5.79. The van der Waals surface area contributed by atoms with E-state index in [0.717, 1.165) is 19.0 Å². The maximum atomic E-state index is 5.65. The lowest BCUT2D eigenvalue weighted by Crippen LogP contribution is -2.40. The van der Waals surface area contributed by atoms with Gasteiger partial charge in [0.05, 0.1) is 0 Å². The summed E-state index contributed by atoms with van der Waals surface area (Å²) in [6.07, 6.45) is 8.51. The van der Waals surface area contributed by atoms with Crippen LogP contribution in [0.5, 0.6) is 0 Å². The van der Waals surface area contributed by atoms with E-state index >= 15 is 0 Å². The molecule has 2 aliphatic heterocycles. The summed E-state index contributed by atoms with van der Waals surface area (Å²) < 4.78 is 0. The van der Waals surface area contributed by atoms with Crippen LogP contribution < -0.4 is 5.73 Å². The average Bonchev–Trinajstić information content (AvgIpc) is 2.39. The molecule has 0 aliphatic carbocycles. The van der Waals surface area contributed by atoms with E-state index < -0.39 is 0 Å². The summed E-state index contributed by atoms with van der Waals surface area (Å²) in [6.45, 7) is 8.51. The predicted octanol–water partition coefficient (Wildman–Crippen LogP) is 1.53. The molecule has 3 heteroatoms. The second kappa shape index (κ2) is 7.34. The Bertz CT molecular complexity index is 200. The number of hydrogen-bond acceptors (Lipinski definition) is 3. The zero-order valence-electron chi connectivity index (χ0n) is 11.2. The van der Waals surface area contributed by atoms with Crippen LogP contribution in [-0.4, -0.2) is 55.6 Å². The highest BCUT2D eigenvalue weighted by molar-refractivity contribution is 4.75. The Hall–Kier alpha value is -0.120. The highest BCUT2D eigenvalue weighted by Crippen LogP contribution is 2.20. The molecule has 1 unspecified atom stereocenters. The lowest BCUT2D eigenvalue weighted by molar-refractivity contribution is 0.149. The van der Waals surface area contributed by atoms with Gasteiger partial charge >= 0.3 is 0 Å². The maximum Gasteiger partial charge on any atom is 0.0105 e. The second-order valence-corrected chi connectivity index (χ2v) is 5.79. The first kappa shape index (κ1) is 13.3. The van der Waals surface area contributed by atoms with Gasteiger partial charge < -0.3 is 15.5 Å². The Kier molecular flexibility index (Phi) is 5.75. The van der Waals surface area contributed by atoms with Crippen LogP contribution in [0.4, 0.5) is 0 Å². The van der Waals surface area contributed by atoms with Crippen molar-refractivity contribution < 1.29 is 0 Å². The summed E-state index contributed by atoms with van der Waals surface area (Å²) in [6, 6.07) is 0. The normalized spacial score (nSPS) is 28.4. The molecule has 2 aliphatic rings. The van der Waals surface area contributed by atoms with E-state index in [2.05, 4.69) is 9.80 Å². The number of piperidine rings is 2. The smallest absolute Gasteiger partial charge is 0.0105 e. The van der Waals surface area contributed by atoms with Crippen molar-refractivity contribution in [2.24, 2.45) is 11.7 Å². The molecule has 0 saturated carbocycles. The third-order valence-corrected chi connectivity index (χ3v) is 4.35. The molecule has 0 aromatic rings. The lowest BCUT2D eigenvalue weighted by atomic mass is 9.94. The van der Waals surface area contributed by atoms with Crippen LogP contribution in [0.25, 0.3) is 0 Å². The fourth-order valence-electron chi connectivity index (χ4n) is 3.32. The largest absolute Gasteiger partial charge is 0.329 e. The van der Waals surface area contributed by atoms with Gasteiger partial charge in [0.15, 0.2) is 0 Å². The van der Waals surface area contributed by atoms with E-state index in [1.165, 1.54) is 71.2 Å². The van der Waals surface area contributed by atoms with Crippen LogP contribution >= 0.6 is 0 Å². The van der Waals surface area contributed by atoms with Crippen LogP contribution in [0.3, 0.4) is 0 Å². The highest BCUT2D eigenvalue weighted by atomic mass is 15.1. The number of rotatable bonds is 5. The molecular weight excluding hydrogens is 210 g/mol. The summed E-state index contributed by atoms with van der Waals surface area (Å²) in [5.41, 5.74) is 5.65.